The molecule has 138 valence electrons. The Bertz CT molecular complexity index is 722. The number of nitrogens with zero attached hydrogens (tertiary/aromatic N) is 2. The Labute approximate surface area is 155 Å². The summed E-state index contributed by atoms with van der Waals surface area (Å²) in [6, 6.07) is 15.7. The Morgan fingerprint density at radius 1 is 0.923 bits per heavy atom. The Kier molecular flexibility index (Phi) is 6.00. The predicted octanol–water partition coefficient (Wildman–Crippen LogP) is 3.12. The molecule has 0 bridgehead atoms. The number of benzene rings is 2. The molecule has 2 aromatic carbocycles. The third kappa shape index (κ3) is 4.48. The van der Waals surface area contributed by atoms with Crippen LogP contribution in [0.5, 0.6) is 11.5 Å². The molecule has 1 heterocycles. The van der Waals surface area contributed by atoms with Gasteiger partial charge in [-0.2, -0.15) is 0 Å². The van der Waals surface area contributed by atoms with Crippen molar-refractivity contribution in [3.8, 4) is 11.5 Å². The van der Waals surface area contributed by atoms with E-state index in [9.17, 15) is 4.79 Å². The van der Waals surface area contributed by atoms with E-state index in [2.05, 4.69) is 36.1 Å². The summed E-state index contributed by atoms with van der Waals surface area (Å²) in [6.45, 7) is 7.91. The zero-order valence-corrected chi connectivity index (χ0v) is 15.5. The number of hydrogen-bond acceptors (Lipinski definition) is 4. The first-order valence-electron chi connectivity index (χ1n) is 9.11. The molecule has 0 saturated carbocycles. The molecule has 3 rings (SSSR count). The summed E-state index contributed by atoms with van der Waals surface area (Å²) >= 11 is 0. The van der Waals surface area contributed by atoms with Crippen LogP contribution in [0.4, 0.5) is 5.69 Å². The van der Waals surface area contributed by atoms with E-state index in [1.54, 1.807) is 0 Å². The lowest BCUT2D eigenvalue weighted by Crippen LogP contribution is -2.50. The number of ether oxygens (including phenoxy) is 2. The van der Waals surface area contributed by atoms with Gasteiger partial charge < -0.3 is 19.3 Å². The maximum absolute atomic E-state index is 12.4. The lowest BCUT2D eigenvalue weighted by molar-refractivity contribution is -0.133. The SMILES string of the molecule is CCOc1ccc(OCC(=O)N2CCN(c3ccccc3C)CC2)cc1. The number of rotatable bonds is 6. The minimum atomic E-state index is 0.0309. The van der Waals surface area contributed by atoms with Crippen LogP contribution in [0, 0.1) is 6.92 Å². The van der Waals surface area contributed by atoms with E-state index in [1.165, 1.54) is 11.3 Å². The number of para-hydroxylation sites is 1. The first-order chi connectivity index (χ1) is 12.7. The predicted molar refractivity (Wildman–Crippen MR) is 103 cm³/mol. The molecule has 5 nitrogen and oxygen atoms in total. The minimum absolute atomic E-state index is 0.0309. The Morgan fingerprint density at radius 2 is 1.54 bits per heavy atom. The molecule has 26 heavy (non-hydrogen) atoms. The van der Waals surface area contributed by atoms with Gasteiger partial charge in [-0.25, -0.2) is 0 Å². The number of amides is 1. The van der Waals surface area contributed by atoms with E-state index in [0.29, 0.717) is 12.4 Å². The molecule has 0 aliphatic carbocycles. The fraction of sp³-hybridized carbons (Fsp3) is 0.381. The maximum atomic E-state index is 12.4. The molecule has 0 spiro atoms. The fourth-order valence-corrected chi connectivity index (χ4v) is 3.15. The zero-order chi connectivity index (χ0) is 18.4. The summed E-state index contributed by atoms with van der Waals surface area (Å²) in [6.07, 6.45) is 0. The van der Waals surface area contributed by atoms with E-state index in [1.807, 2.05) is 36.1 Å². The standard InChI is InChI=1S/C21H26N2O3/c1-3-25-18-8-10-19(11-9-18)26-16-21(24)23-14-12-22(13-15-23)20-7-5-4-6-17(20)2/h4-11H,3,12-16H2,1-2H3. The van der Waals surface area contributed by atoms with Crippen LogP contribution in [0.15, 0.2) is 48.5 Å². The van der Waals surface area contributed by atoms with E-state index in [-0.39, 0.29) is 12.5 Å². The number of carbonyl (C=O) groups excluding carboxylic acids is 1. The Morgan fingerprint density at radius 3 is 2.15 bits per heavy atom. The highest BCUT2D eigenvalue weighted by atomic mass is 16.5. The summed E-state index contributed by atoms with van der Waals surface area (Å²) in [7, 11) is 0. The van der Waals surface area contributed by atoms with E-state index in [0.717, 1.165) is 31.9 Å². The Hall–Kier alpha value is -2.69. The van der Waals surface area contributed by atoms with Crippen LogP contribution in [-0.4, -0.2) is 50.2 Å². The van der Waals surface area contributed by atoms with Crippen LogP contribution in [0.1, 0.15) is 12.5 Å². The lowest BCUT2D eigenvalue weighted by Gasteiger charge is -2.36. The van der Waals surface area contributed by atoms with Gasteiger partial charge >= 0.3 is 0 Å². The second-order valence-corrected chi connectivity index (χ2v) is 6.35. The van der Waals surface area contributed by atoms with Crippen LogP contribution in [-0.2, 0) is 4.79 Å². The lowest BCUT2D eigenvalue weighted by atomic mass is 10.1. The molecule has 1 aliphatic heterocycles. The highest BCUT2D eigenvalue weighted by Crippen LogP contribution is 2.21. The van der Waals surface area contributed by atoms with Crippen molar-refractivity contribution in [2.75, 3.05) is 44.3 Å². The van der Waals surface area contributed by atoms with Crippen LogP contribution >= 0.6 is 0 Å². The van der Waals surface area contributed by atoms with Crippen LogP contribution in [0.2, 0.25) is 0 Å². The molecule has 0 atom stereocenters. The van der Waals surface area contributed by atoms with Crippen molar-refractivity contribution < 1.29 is 14.3 Å². The number of carbonyl (C=O) groups is 1. The van der Waals surface area contributed by atoms with Crippen LogP contribution < -0.4 is 14.4 Å². The summed E-state index contributed by atoms with van der Waals surface area (Å²) in [5.74, 6) is 1.52. The highest BCUT2D eigenvalue weighted by molar-refractivity contribution is 5.78. The summed E-state index contributed by atoms with van der Waals surface area (Å²) in [5.41, 5.74) is 2.52. The monoisotopic (exact) mass is 354 g/mol. The highest BCUT2D eigenvalue weighted by Gasteiger charge is 2.22. The van der Waals surface area contributed by atoms with E-state index < -0.39 is 0 Å². The molecule has 0 unspecified atom stereocenters. The first kappa shape index (κ1) is 18.1. The molecule has 1 fully saturated rings. The van der Waals surface area contributed by atoms with Gasteiger partial charge in [-0.3, -0.25) is 4.79 Å². The van der Waals surface area contributed by atoms with Crippen molar-refractivity contribution in [3.05, 3.63) is 54.1 Å². The second-order valence-electron chi connectivity index (χ2n) is 6.35. The van der Waals surface area contributed by atoms with Gasteiger partial charge in [0, 0.05) is 31.9 Å². The molecule has 0 N–H and O–H groups in total. The quantitative estimate of drug-likeness (QED) is 0.799. The maximum Gasteiger partial charge on any atom is 0.260 e. The number of piperazine rings is 1. The number of aryl methyl sites for hydroxylation is 1. The molecule has 1 aliphatic rings. The Balaban J connectivity index is 1.47. The van der Waals surface area contributed by atoms with Crippen LogP contribution in [0.3, 0.4) is 0 Å². The topological polar surface area (TPSA) is 42.0 Å². The molecule has 1 saturated heterocycles. The third-order valence-electron chi connectivity index (χ3n) is 4.59. The van der Waals surface area contributed by atoms with Gasteiger partial charge in [0.1, 0.15) is 11.5 Å². The van der Waals surface area contributed by atoms with Gasteiger partial charge in [-0.1, -0.05) is 18.2 Å². The largest absolute Gasteiger partial charge is 0.494 e. The normalized spacial score (nSPS) is 14.2. The number of hydrogen-bond donors (Lipinski definition) is 0. The van der Waals surface area contributed by atoms with Gasteiger partial charge in [0.05, 0.1) is 6.61 Å². The van der Waals surface area contributed by atoms with Crippen molar-refractivity contribution >= 4 is 11.6 Å². The van der Waals surface area contributed by atoms with Crippen molar-refractivity contribution in [2.24, 2.45) is 0 Å². The molecule has 2 aromatic rings. The van der Waals surface area contributed by atoms with Gasteiger partial charge in [-0.05, 0) is 49.7 Å². The summed E-state index contributed by atoms with van der Waals surface area (Å²) in [4.78, 5) is 16.6. The van der Waals surface area contributed by atoms with Gasteiger partial charge in [0.15, 0.2) is 6.61 Å². The van der Waals surface area contributed by atoms with Crippen molar-refractivity contribution in [1.29, 1.82) is 0 Å². The van der Waals surface area contributed by atoms with Crippen molar-refractivity contribution in [1.82, 2.24) is 4.90 Å². The van der Waals surface area contributed by atoms with E-state index in [4.69, 9.17) is 9.47 Å². The van der Waals surface area contributed by atoms with Crippen LogP contribution in [0.25, 0.3) is 0 Å². The molecule has 0 radical (unpaired) electrons. The zero-order valence-electron chi connectivity index (χ0n) is 15.5. The summed E-state index contributed by atoms with van der Waals surface area (Å²) < 4.78 is 11.0. The third-order valence-corrected chi connectivity index (χ3v) is 4.59. The minimum Gasteiger partial charge on any atom is -0.494 e. The molecule has 1 amide bonds. The second kappa shape index (κ2) is 8.61. The van der Waals surface area contributed by atoms with Gasteiger partial charge in [0.2, 0.25) is 0 Å². The molecule has 5 heteroatoms. The molecule has 0 aromatic heterocycles. The fourth-order valence-electron chi connectivity index (χ4n) is 3.15. The summed E-state index contributed by atoms with van der Waals surface area (Å²) in [5, 5.41) is 0. The average molecular weight is 354 g/mol. The molecular formula is C21H26N2O3. The van der Waals surface area contributed by atoms with Gasteiger partial charge in [0.25, 0.3) is 5.91 Å². The molecular weight excluding hydrogens is 328 g/mol. The van der Waals surface area contributed by atoms with Gasteiger partial charge in [-0.15, -0.1) is 0 Å². The van der Waals surface area contributed by atoms with Crippen molar-refractivity contribution in [3.63, 3.8) is 0 Å². The first-order valence-corrected chi connectivity index (χ1v) is 9.11. The van der Waals surface area contributed by atoms with E-state index >= 15 is 0 Å². The average Bonchev–Trinajstić information content (AvgIpc) is 2.68. The smallest absolute Gasteiger partial charge is 0.260 e. The van der Waals surface area contributed by atoms with Crippen molar-refractivity contribution in [2.45, 2.75) is 13.8 Å². The number of anilines is 1.